The number of nitrogens with one attached hydrogen (secondary N) is 1. The molecule has 2 aromatic rings. The fraction of sp³-hybridized carbons (Fsp3) is 0.143. The zero-order chi connectivity index (χ0) is 12.3. The Balaban J connectivity index is 2.08. The van der Waals surface area contributed by atoms with Crippen LogP contribution in [0.15, 0.2) is 42.5 Å². The van der Waals surface area contributed by atoms with Gasteiger partial charge in [-0.1, -0.05) is 35.9 Å². The molecule has 0 saturated heterocycles. The zero-order valence-corrected chi connectivity index (χ0v) is 10.5. The molecule has 0 aliphatic heterocycles. The number of halogens is 1. The van der Waals surface area contributed by atoms with E-state index < -0.39 is 0 Å². The number of benzene rings is 2. The summed E-state index contributed by atoms with van der Waals surface area (Å²) in [4.78, 5) is 0. The van der Waals surface area contributed by atoms with Crippen LogP contribution in [0.2, 0.25) is 5.02 Å². The van der Waals surface area contributed by atoms with Crippen molar-refractivity contribution in [2.45, 2.75) is 13.5 Å². The summed E-state index contributed by atoms with van der Waals surface area (Å²) in [5, 5.41) is 4.08. The van der Waals surface area contributed by atoms with E-state index in [9.17, 15) is 0 Å². The lowest BCUT2D eigenvalue weighted by molar-refractivity contribution is 1.15. The summed E-state index contributed by atoms with van der Waals surface area (Å²) < 4.78 is 0. The number of rotatable bonds is 3. The Hall–Kier alpha value is -1.67. The van der Waals surface area contributed by atoms with Crippen molar-refractivity contribution in [2.75, 3.05) is 11.1 Å². The van der Waals surface area contributed by atoms with Crippen LogP contribution in [0.5, 0.6) is 0 Å². The van der Waals surface area contributed by atoms with Gasteiger partial charge in [-0.2, -0.15) is 0 Å². The van der Waals surface area contributed by atoms with Crippen molar-refractivity contribution in [2.24, 2.45) is 0 Å². The highest BCUT2D eigenvalue weighted by Gasteiger charge is 2.00. The van der Waals surface area contributed by atoms with Crippen LogP contribution in [0.4, 0.5) is 11.4 Å². The van der Waals surface area contributed by atoms with Crippen LogP contribution >= 0.6 is 11.6 Å². The smallest absolute Gasteiger partial charge is 0.0455 e. The average Bonchev–Trinajstić information content (AvgIpc) is 2.32. The first-order chi connectivity index (χ1) is 8.16. The minimum Gasteiger partial charge on any atom is -0.398 e. The van der Waals surface area contributed by atoms with Gasteiger partial charge in [0.1, 0.15) is 0 Å². The molecule has 0 aliphatic carbocycles. The fourth-order valence-electron chi connectivity index (χ4n) is 1.59. The van der Waals surface area contributed by atoms with E-state index in [1.807, 2.05) is 49.4 Å². The minimum absolute atomic E-state index is 0.697. The third-order valence-electron chi connectivity index (χ3n) is 2.72. The van der Waals surface area contributed by atoms with Gasteiger partial charge in [-0.3, -0.25) is 0 Å². The topological polar surface area (TPSA) is 38.0 Å². The number of aryl methyl sites for hydroxylation is 1. The first-order valence-corrected chi connectivity index (χ1v) is 5.88. The van der Waals surface area contributed by atoms with E-state index in [2.05, 4.69) is 5.32 Å². The van der Waals surface area contributed by atoms with E-state index in [0.717, 1.165) is 27.5 Å². The van der Waals surface area contributed by atoms with E-state index in [1.54, 1.807) is 0 Å². The predicted octanol–water partition coefficient (Wildman–Crippen LogP) is 3.84. The summed E-state index contributed by atoms with van der Waals surface area (Å²) in [5.41, 5.74) is 9.83. The summed E-state index contributed by atoms with van der Waals surface area (Å²) in [6.45, 7) is 2.69. The molecule has 3 heteroatoms. The second kappa shape index (κ2) is 5.11. The number of hydrogen-bond donors (Lipinski definition) is 2. The first-order valence-electron chi connectivity index (χ1n) is 5.50. The molecular formula is C14H15ClN2. The van der Waals surface area contributed by atoms with Crippen LogP contribution in [0.3, 0.4) is 0 Å². The standard InChI is InChI=1S/C14H15ClN2/c1-10-6-7-12(8-14(10)16)17-9-11-4-2-3-5-13(11)15/h2-8,17H,9,16H2,1H3. The number of nitrogens with two attached hydrogens (primary N) is 1. The first kappa shape index (κ1) is 11.8. The van der Waals surface area contributed by atoms with Crippen LogP contribution in [-0.4, -0.2) is 0 Å². The highest BCUT2D eigenvalue weighted by Crippen LogP contribution is 2.20. The largest absolute Gasteiger partial charge is 0.398 e. The Morgan fingerprint density at radius 2 is 1.94 bits per heavy atom. The Kier molecular flexibility index (Phi) is 3.55. The number of anilines is 2. The van der Waals surface area contributed by atoms with Crippen molar-refractivity contribution in [1.29, 1.82) is 0 Å². The molecule has 2 aromatic carbocycles. The molecular weight excluding hydrogens is 232 g/mol. The SMILES string of the molecule is Cc1ccc(NCc2ccccc2Cl)cc1N. The summed E-state index contributed by atoms with van der Waals surface area (Å²) in [6.07, 6.45) is 0. The third kappa shape index (κ3) is 2.92. The molecule has 17 heavy (non-hydrogen) atoms. The van der Waals surface area contributed by atoms with Crippen LogP contribution in [0, 0.1) is 6.92 Å². The Morgan fingerprint density at radius 3 is 2.65 bits per heavy atom. The normalized spacial score (nSPS) is 10.2. The highest BCUT2D eigenvalue weighted by atomic mass is 35.5. The highest BCUT2D eigenvalue weighted by molar-refractivity contribution is 6.31. The maximum absolute atomic E-state index is 6.08. The van der Waals surface area contributed by atoms with E-state index in [1.165, 1.54) is 0 Å². The lowest BCUT2D eigenvalue weighted by Crippen LogP contribution is -2.01. The van der Waals surface area contributed by atoms with E-state index in [-0.39, 0.29) is 0 Å². The molecule has 0 aliphatic rings. The molecule has 2 rings (SSSR count). The van der Waals surface area contributed by atoms with Gasteiger partial charge in [0.15, 0.2) is 0 Å². The van der Waals surface area contributed by atoms with Gasteiger partial charge in [-0.25, -0.2) is 0 Å². The van der Waals surface area contributed by atoms with Crippen molar-refractivity contribution in [3.8, 4) is 0 Å². The lowest BCUT2D eigenvalue weighted by Gasteiger charge is -2.09. The van der Waals surface area contributed by atoms with Gasteiger partial charge in [0.05, 0.1) is 0 Å². The van der Waals surface area contributed by atoms with E-state index in [0.29, 0.717) is 6.54 Å². The number of nitrogen functional groups attached to an aromatic ring is 1. The molecule has 88 valence electrons. The van der Waals surface area contributed by atoms with Gasteiger partial charge in [-0.05, 0) is 36.2 Å². The summed E-state index contributed by atoms with van der Waals surface area (Å²) in [6, 6.07) is 13.8. The molecule has 0 fully saturated rings. The quantitative estimate of drug-likeness (QED) is 0.808. The van der Waals surface area contributed by atoms with Gasteiger partial charge < -0.3 is 11.1 Å². The molecule has 0 amide bonds. The van der Waals surface area contributed by atoms with Gasteiger partial charge in [0, 0.05) is 22.9 Å². The molecule has 0 atom stereocenters. The van der Waals surface area contributed by atoms with Crippen molar-refractivity contribution < 1.29 is 0 Å². The zero-order valence-electron chi connectivity index (χ0n) is 9.70. The number of hydrogen-bond acceptors (Lipinski definition) is 2. The Morgan fingerprint density at radius 1 is 1.18 bits per heavy atom. The molecule has 3 N–H and O–H groups in total. The van der Waals surface area contributed by atoms with Crippen molar-refractivity contribution >= 4 is 23.0 Å². The van der Waals surface area contributed by atoms with E-state index in [4.69, 9.17) is 17.3 Å². The predicted molar refractivity (Wildman–Crippen MR) is 74.4 cm³/mol. The average molecular weight is 247 g/mol. The van der Waals surface area contributed by atoms with Crippen molar-refractivity contribution in [1.82, 2.24) is 0 Å². The molecule has 0 saturated carbocycles. The second-order valence-corrected chi connectivity index (χ2v) is 4.42. The lowest BCUT2D eigenvalue weighted by atomic mass is 10.1. The van der Waals surface area contributed by atoms with Crippen LogP contribution in [0.25, 0.3) is 0 Å². The van der Waals surface area contributed by atoms with Gasteiger partial charge >= 0.3 is 0 Å². The van der Waals surface area contributed by atoms with Crippen LogP contribution < -0.4 is 11.1 Å². The van der Waals surface area contributed by atoms with Crippen LogP contribution in [0.1, 0.15) is 11.1 Å². The Bertz CT molecular complexity index is 523. The summed E-state index contributed by atoms with van der Waals surface area (Å²) in [5.74, 6) is 0. The monoisotopic (exact) mass is 246 g/mol. The molecule has 2 nitrogen and oxygen atoms in total. The minimum atomic E-state index is 0.697. The maximum Gasteiger partial charge on any atom is 0.0455 e. The molecule has 0 radical (unpaired) electrons. The molecule has 0 aromatic heterocycles. The second-order valence-electron chi connectivity index (χ2n) is 4.02. The summed E-state index contributed by atoms with van der Waals surface area (Å²) in [7, 11) is 0. The maximum atomic E-state index is 6.08. The van der Waals surface area contributed by atoms with Crippen molar-refractivity contribution in [3.05, 3.63) is 58.6 Å². The Labute approximate surface area is 106 Å². The van der Waals surface area contributed by atoms with E-state index >= 15 is 0 Å². The van der Waals surface area contributed by atoms with Crippen LogP contribution in [-0.2, 0) is 6.54 Å². The van der Waals surface area contributed by atoms with Gasteiger partial charge in [0.25, 0.3) is 0 Å². The molecule has 0 bridgehead atoms. The van der Waals surface area contributed by atoms with Gasteiger partial charge in [0.2, 0.25) is 0 Å². The molecule has 0 spiro atoms. The third-order valence-corrected chi connectivity index (χ3v) is 3.09. The fourth-order valence-corrected chi connectivity index (χ4v) is 1.79. The molecule has 0 unspecified atom stereocenters. The van der Waals surface area contributed by atoms with Crippen molar-refractivity contribution in [3.63, 3.8) is 0 Å². The molecule has 0 heterocycles. The summed E-state index contributed by atoms with van der Waals surface area (Å²) >= 11 is 6.08. The van der Waals surface area contributed by atoms with Gasteiger partial charge in [-0.15, -0.1) is 0 Å².